The second-order valence-corrected chi connectivity index (χ2v) is 5.15. The van der Waals surface area contributed by atoms with E-state index >= 15 is 0 Å². The number of ether oxygens (including phenoxy) is 1. The monoisotopic (exact) mass is 341 g/mol. The van der Waals surface area contributed by atoms with Crippen molar-refractivity contribution in [1.82, 2.24) is 0 Å². The van der Waals surface area contributed by atoms with E-state index in [-0.39, 0.29) is 11.3 Å². The minimum atomic E-state index is -0.768. The minimum Gasteiger partial charge on any atom is -0.452 e. The molecule has 6 heteroatoms. The topological polar surface area (TPSA) is 72.5 Å². The Morgan fingerprint density at radius 3 is 2.60 bits per heavy atom. The van der Waals surface area contributed by atoms with Crippen LogP contribution in [0.1, 0.15) is 22.8 Å². The number of hydrogen-bond donors (Lipinski definition) is 1. The number of anilines is 1. The van der Waals surface area contributed by atoms with Gasteiger partial charge in [-0.05, 0) is 31.2 Å². The molecule has 2 aromatic carbocycles. The first-order chi connectivity index (χ1) is 12.0. The van der Waals surface area contributed by atoms with E-state index in [1.807, 2.05) is 0 Å². The molecule has 0 saturated carbocycles. The molecule has 0 saturated heterocycles. The Hall–Kier alpha value is -3.28. The van der Waals surface area contributed by atoms with Crippen LogP contribution in [0.3, 0.4) is 0 Å². The van der Waals surface area contributed by atoms with E-state index in [0.29, 0.717) is 11.3 Å². The standard InChI is InChI=1S/C19H16FNO4/c1-13(22)15-6-4-7-16(11-15)21-18(23)12-25-19(24)10-9-14-5-2-3-8-17(14)20/h2-11H,12H2,1H3,(H,21,23)/b10-9+. The van der Waals surface area contributed by atoms with Crippen LogP contribution in [0, 0.1) is 5.82 Å². The van der Waals surface area contributed by atoms with Gasteiger partial charge in [-0.15, -0.1) is 0 Å². The molecule has 0 bridgehead atoms. The van der Waals surface area contributed by atoms with Crippen molar-refractivity contribution in [3.63, 3.8) is 0 Å². The Labute approximate surface area is 144 Å². The molecule has 0 fully saturated rings. The second-order valence-electron chi connectivity index (χ2n) is 5.15. The highest BCUT2D eigenvalue weighted by molar-refractivity contribution is 5.98. The fourth-order valence-electron chi connectivity index (χ4n) is 1.97. The summed E-state index contributed by atoms with van der Waals surface area (Å²) in [6.07, 6.45) is 2.31. The summed E-state index contributed by atoms with van der Waals surface area (Å²) in [7, 11) is 0. The smallest absolute Gasteiger partial charge is 0.331 e. The summed E-state index contributed by atoms with van der Waals surface area (Å²) in [4.78, 5) is 34.6. The average Bonchev–Trinajstić information content (AvgIpc) is 2.59. The summed E-state index contributed by atoms with van der Waals surface area (Å²) in [6.45, 7) is 0.926. The van der Waals surface area contributed by atoms with E-state index in [1.165, 1.54) is 37.3 Å². The number of carbonyl (C=O) groups is 3. The lowest BCUT2D eigenvalue weighted by Crippen LogP contribution is -2.20. The largest absolute Gasteiger partial charge is 0.452 e. The van der Waals surface area contributed by atoms with Crippen LogP contribution in [-0.4, -0.2) is 24.3 Å². The molecular weight excluding hydrogens is 325 g/mol. The van der Waals surface area contributed by atoms with Crippen LogP contribution in [-0.2, 0) is 14.3 Å². The van der Waals surface area contributed by atoms with Gasteiger partial charge in [-0.25, -0.2) is 9.18 Å². The van der Waals surface area contributed by atoms with Crippen molar-refractivity contribution in [2.75, 3.05) is 11.9 Å². The van der Waals surface area contributed by atoms with Crippen molar-refractivity contribution in [2.45, 2.75) is 6.92 Å². The normalized spacial score (nSPS) is 10.5. The molecular formula is C19H16FNO4. The van der Waals surface area contributed by atoms with Crippen LogP contribution in [0.15, 0.2) is 54.6 Å². The van der Waals surface area contributed by atoms with Crippen LogP contribution in [0.25, 0.3) is 6.08 Å². The zero-order valence-electron chi connectivity index (χ0n) is 13.5. The number of benzene rings is 2. The van der Waals surface area contributed by atoms with Gasteiger partial charge in [0.2, 0.25) is 0 Å². The lowest BCUT2D eigenvalue weighted by Gasteiger charge is -2.06. The number of hydrogen-bond acceptors (Lipinski definition) is 4. The molecule has 1 N–H and O–H groups in total. The van der Waals surface area contributed by atoms with Gasteiger partial charge in [0.05, 0.1) is 0 Å². The van der Waals surface area contributed by atoms with Crippen molar-refractivity contribution in [1.29, 1.82) is 0 Å². The third-order valence-electron chi connectivity index (χ3n) is 3.20. The molecule has 0 radical (unpaired) electrons. The summed E-state index contributed by atoms with van der Waals surface area (Å²) >= 11 is 0. The van der Waals surface area contributed by atoms with E-state index in [4.69, 9.17) is 4.74 Å². The highest BCUT2D eigenvalue weighted by atomic mass is 19.1. The molecule has 0 aliphatic carbocycles. The summed E-state index contributed by atoms with van der Waals surface area (Å²) in [5.74, 6) is -1.90. The summed E-state index contributed by atoms with van der Waals surface area (Å²) in [5, 5.41) is 2.52. The molecule has 0 heterocycles. The fourth-order valence-corrected chi connectivity index (χ4v) is 1.97. The van der Waals surface area contributed by atoms with Gasteiger partial charge in [0.1, 0.15) is 5.82 Å². The minimum absolute atomic E-state index is 0.124. The molecule has 0 aliphatic heterocycles. The molecule has 128 valence electrons. The number of halogens is 1. The quantitative estimate of drug-likeness (QED) is 0.497. The highest BCUT2D eigenvalue weighted by Gasteiger charge is 2.07. The second kappa shape index (κ2) is 8.54. The first-order valence-electron chi connectivity index (χ1n) is 7.46. The number of esters is 1. The summed E-state index contributed by atoms with van der Waals surface area (Å²) in [6, 6.07) is 12.4. The van der Waals surface area contributed by atoms with E-state index in [1.54, 1.807) is 24.3 Å². The Balaban J connectivity index is 1.85. The van der Waals surface area contributed by atoms with Gasteiger partial charge in [0.15, 0.2) is 12.4 Å². The first kappa shape index (κ1) is 18.1. The van der Waals surface area contributed by atoms with E-state index in [2.05, 4.69) is 5.32 Å². The van der Waals surface area contributed by atoms with Crippen molar-refractivity contribution in [3.05, 3.63) is 71.6 Å². The van der Waals surface area contributed by atoms with Crippen LogP contribution >= 0.6 is 0 Å². The van der Waals surface area contributed by atoms with Gasteiger partial charge in [-0.1, -0.05) is 30.3 Å². The van der Waals surface area contributed by atoms with Gasteiger partial charge in [0, 0.05) is 22.9 Å². The Kier molecular flexibility index (Phi) is 6.17. The van der Waals surface area contributed by atoms with Crippen molar-refractivity contribution < 1.29 is 23.5 Å². The van der Waals surface area contributed by atoms with Crippen LogP contribution in [0.2, 0.25) is 0 Å². The Bertz CT molecular complexity index is 830. The lowest BCUT2D eigenvalue weighted by molar-refractivity contribution is -0.142. The summed E-state index contributed by atoms with van der Waals surface area (Å²) in [5.41, 5.74) is 1.13. The molecule has 2 rings (SSSR count). The molecule has 0 aliphatic rings. The summed E-state index contributed by atoms with van der Waals surface area (Å²) < 4.78 is 18.2. The van der Waals surface area contributed by atoms with Gasteiger partial charge >= 0.3 is 5.97 Å². The van der Waals surface area contributed by atoms with Gasteiger partial charge in [-0.2, -0.15) is 0 Å². The number of Topliss-reactive ketones (excluding diaryl/α,β-unsaturated/α-hetero) is 1. The zero-order valence-corrected chi connectivity index (χ0v) is 13.5. The molecule has 0 spiro atoms. The predicted molar refractivity (Wildman–Crippen MR) is 91.5 cm³/mol. The number of ketones is 1. The van der Waals surface area contributed by atoms with Crippen molar-refractivity contribution in [2.24, 2.45) is 0 Å². The molecule has 2 aromatic rings. The number of nitrogens with one attached hydrogen (secondary N) is 1. The third-order valence-corrected chi connectivity index (χ3v) is 3.20. The molecule has 1 amide bonds. The third kappa shape index (κ3) is 5.69. The van der Waals surface area contributed by atoms with Gasteiger partial charge in [0.25, 0.3) is 5.91 Å². The average molecular weight is 341 g/mol. The number of rotatable bonds is 6. The maximum Gasteiger partial charge on any atom is 0.331 e. The Morgan fingerprint density at radius 1 is 1.12 bits per heavy atom. The van der Waals surface area contributed by atoms with Crippen LogP contribution in [0.5, 0.6) is 0 Å². The number of carbonyl (C=O) groups excluding carboxylic acids is 3. The molecule has 0 atom stereocenters. The maximum atomic E-state index is 13.4. The van der Waals surface area contributed by atoms with Crippen LogP contribution < -0.4 is 5.32 Å². The van der Waals surface area contributed by atoms with E-state index < -0.39 is 24.3 Å². The van der Waals surface area contributed by atoms with E-state index in [9.17, 15) is 18.8 Å². The molecule has 0 aromatic heterocycles. The molecule has 25 heavy (non-hydrogen) atoms. The van der Waals surface area contributed by atoms with Crippen LogP contribution in [0.4, 0.5) is 10.1 Å². The molecule has 0 unspecified atom stereocenters. The first-order valence-corrected chi connectivity index (χ1v) is 7.46. The maximum absolute atomic E-state index is 13.4. The van der Waals surface area contributed by atoms with Crippen molar-refractivity contribution >= 4 is 29.4 Å². The van der Waals surface area contributed by atoms with Gasteiger partial charge < -0.3 is 10.1 Å². The van der Waals surface area contributed by atoms with Crippen molar-refractivity contribution in [3.8, 4) is 0 Å². The highest BCUT2D eigenvalue weighted by Crippen LogP contribution is 2.11. The molecule has 5 nitrogen and oxygen atoms in total. The lowest BCUT2D eigenvalue weighted by atomic mass is 10.1. The predicted octanol–water partition coefficient (Wildman–Crippen LogP) is 3.22. The number of amides is 1. The fraction of sp³-hybridized carbons (Fsp3) is 0.105. The SMILES string of the molecule is CC(=O)c1cccc(NC(=O)COC(=O)/C=C/c2ccccc2F)c1. The zero-order chi connectivity index (χ0) is 18.2. The van der Waals surface area contributed by atoms with E-state index in [0.717, 1.165) is 6.08 Å². The van der Waals surface area contributed by atoms with Gasteiger partial charge in [-0.3, -0.25) is 9.59 Å². The Morgan fingerprint density at radius 2 is 1.88 bits per heavy atom.